The number of carbonyl (C=O) groups is 1. The molecule has 0 spiro atoms. The lowest BCUT2D eigenvalue weighted by molar-refractivity contribution is -0.130. The fraction of sp³-hybridized carbons (Fsp3) is 0.571. The molecular weight excluding hydrogens is 398 g/mol. The third-order valence-corrected chi connectivity index (χ3v) is 5.85. The SMILES string of the molecule is Cc1cnn(CC(=O)N(C)CCc2noc(-c3nn(CC4CC4)c4c3COCC4)n2)c1. The van der Waals surface area contributed by atoms with Gasteiger partial charge in [-0.15, -0.1) is 0 Å². The molecule has 1 aliphatic heterocycles. The van der Waals surface area contributed by atoms with E-state index in [1.807, 2.05) is 13.1 Å². The van der Waals surface area contributed by atoms with Crippen LogP contribution in [0.4, 0.5) is 0 Å². The normalized spacial score (nSPS) is 15.8. The number of fused-ring (bicyclic) bond motifs is 1. The van der Waals surface area contributed by atoms with Crippen molar-refractivity contribution < 1.29 is 14.1 Å². The Bertz CT molecular complexity index is 1080. The summed E-state index contributed by atoms with van der Waals surface area (Å²) < 4.78 is 14.9. The molecule has 1 saturated carbocycles. The topological polar surface area (TPSA) is 104 Å². The molecule has 5 rings (SSSR count). The number of nitrogens with zero attached hydrogens (tertiary/aromatic N) is 7. The van der Waals surface area contributed by atoms with Gasteiger partial charge in [-0.25, -0.2) is 0 Å². The quantitative estimate of drug-likeness (QED) is 0.540. The van der Waals surface area contributed by atoms with Gasteiger partial charge in [-0.3, -0.25) is 14.2 Å². The van der Waals surface area contributed by atoms with E-state index in [0.29, 0.717) is 31.3 Å². The maximum absolute atomic E-state index is 12.4. The molecule has 2 aliphatic rings. The molecule has 4 heterocycles. The maximum Gasteiger partial charge on any atom is 0.278 e. The molecule has 0 unspecified atom stereocenters. The summed E-state index contributed by atoms with van der Waals surface area (Å²) in [5.74, 6) is 1.70. The third kappa shape index (κ3) is 4.39. The zero-order chi connectivity index (χ0) is 21.4. The molecule has 0 radical (unpaired) electrons. The van der Waals surface area contributed by atoms with Gasteiger partial charge in [-0.1, -0.05) is 5.16 Å². The van der Waals surface area contributed by atoms with Crippen LogP contribution in [0.3, 0.4) is 0 Å². The average Bonchev–Trinajstić information content (AvgIpc) is 3.14. The molecule has 164 valence electrons. The molecule has 0 N–H and O–H groups in total. The van der Waals surface area contributed by atoms with E-state index < -0.39 is 0 Å². The second-order valence-corrected chi connectivity index (χ2v) is 8.50. The van der Waals surface area contributed by atoms with Gasteiger partial charge in [0.2, 0.25) is 5.91 Å². The lowest BCUT2D eigenvalue weighted by atomic mass is 10.1. The van der Waals surface area contributed by atoms with Crippen LogP contribution in [-0.2, 0) is 42.1 Å². The van der Waals surface area contributed by atoms with Crippen molar-refractivity contribution in [1.82, 2.24) is 34.6 Å². The van der Waals surface area contributed by atoms with Crippen molar-refractivity contribution in [3.8, 4) is 11.6 Å². The first-order valence-electron chi connectivity index (χ1n) is 10.8. The molecule has 0 aromatic carbocycles. The van der Waals surface area contributed by atoms with Gasteiger partial charge in [0.05, 0.1) is 19.4 Å². The minimum Gasteiger partial charge on any atom is -0.376 e. The van der Waals surface area contributed by atoms with E-state index in [-0.39, 0.29) is 12.5 Å². The number of ether oxygens (including phenoxy) is 1. The summed E-state index contributed by atoms with van der Waals surface area (Å²) in [4.78, 5) is 18.6. The fourth-order valence-corrected chi connectivity index (χ4v) is 3.83. The molecule has 0 atom stereocenters. The summed E-state index contributed by atoms with van der Waals surface area (Å²) in [6.07, 6.45) is 7.51. The van der Waals surface area contributed by atoms with Crippen molar-refractivity contribution >= 4 is 5.91 Å². The van der Waals surface area contributed by atoms with E-state index in [1.54, 1.807) is 22.8 Å². The Morgan fingerprint density at radius 3 is 3.00 bits per heavy atom. The van der Waals surface area contributed by atoms with Gasteiger partial charge in [0.25, 0.3) is 5.89 Å². The van der Waals surface area contributed by atoms with Crippen molar-refractivity contribution in [3.63, 3.8) is 0 Å². The summed E-state index contributed by atoms with van der Waals surface area (Å²) >= 11 is 0. The first-order valence-corrected chi connectivity index (χ1v) is 10.8. The van der Waals surface area contributed by atoms with Gasteiger partial charge in [-0.05, 0) is 31.2 Å². The van der Waals surface area contributed by atoms with Crippen molar-refractivity contribution in [3.05, 3.63) is 35.0 Å². The van der Waals surface area contributed by atoms with Crippen LogP contribution in [0.15, 0.2) is 16.9 Å². The summed E-state index contributed by atoms with van der Waals surface area (Å²) in [5.41, 5.74) is 4.05. The highest BCUT2D eigenvalue weighted by molar-refractivity contribution is 5.75. The molecular formula is C21H27N7O3. The largest absolute Gasteiger partial charge is 0.376 e. The lowest BCUT2D eigenvalue weighted by Gasteiger charge is -2.16. The molecule has 1 fully saturated rings. The summed E-state index contributed by atoms with van der Waals surface area (Å²) in [5, 5.41) is 13.1. The fourth-order valence-electron chi connectivity index (χ4n) is 3.83. The van der Waals surface area contributed by atoms with Gasteiger partial charge >= 0.3 is 0 Å². The monoisotopic (exact) mass is 425 g/mol. The van der Waals surface area contributed by atoms with Crippen molar-refractivity contribution in [1.29, 1.82) is 0 Å². The zero-order valence-electron chi connectivity index (χ0n) is 18.0. The summed E-state index contributed by atoms with van der Waals surface area (Å²) in [6, 6.07) is 0. The Morgan fingerprint density at radius 1 is 1.35 bits per heavy atom. The first kappa shape index (κ1) is 19.9. The van der Waals surface area contributed by atoms with E-state index in [2.05, 4.69) is 19.9 Å². The molecule has 3 aromatic rings. The Morgan fingerprint density at radius 2 is 2.23 bits per heavy atom. The van der Waals surface area contributed by atoms with Gasteiger partial charge in [-0.2, -0.15) is 15.2 Å². The highest BCUT2D eigenvalue weighted by Crippen LogP contribution is 2.34. The van der Waals surface area contributed by atoms with E-state index in [9.17, 15) is 4.79 Å². The van der Waals surface area contributed by atoms with Crippen LogP contribution in [0.1, 0.15) is 35.5 Å². The van der Waals surface area contributed by atoms with E-state index in [1.165, 1.54) is 18.5 Å². The molecule has 31 heavy (non-hydrogen) atoms. The first-order chi connectivity index (χ1) is 15.1. The standard InChI is InChI=1S/C21H27N7O3/c1-14-9-22-27(10-14)12-19(29)26(2)7-5-18-23-21(31-25-18)20-16-13-30-8-6-17(16)28(24-20)11-15-3-4-15/h9-10,15H,3-8,11-13H2,1-2H3. The van der Waals surface area contributed by atoms with Gasteiger partial charge in [0.1, 0.15) is 6.54 Å². The second-order valence-electron chi connectivity index (χ2n) is 8.50. The number of rotatable bonds is 8. The molecule has 1 amide bonds. The van der Waals surface area contributed by atoms with Crippen LogP contribution in [0.5, 0.6) is 0 Å². The number of likely N-dealkylation sites (N-methyl/N-ethyl adjacent to an activating group) is 1. The minimum atomic E-state index is -0.0168. The number of aromatic nitrogens is 6. The molecule has 0 saturated heterocycles. The minimum absolute atomic E-state index is 0.0168. The number of hydrogen-bond acceptors (Lipinski definition) is 7. The van der Waals surface area contributed by atoms with Crippen LogP contribution in [0.2, 0.25) is 0 Å². The van der Waals surface area contributed by atoms with E-state index in [4.69, 9.17) is 14.4 Å². The molecule has 3 aromatic heterocycles. The van der Waals surface area contributed by atoms with Gasteiger partial charge in [0.15, 0.2) is 11.5 Å². The highest BCUT2D eigenvalue weighted by atomic mass is 16.5. The molecule has 10 nitrogen and oxygen atoms in total. The third-order valence-electron chi connectivity index (χ3n) is 5.85. The Hall–Kier alpha value is -3.01. The van der Waals surface area contributed by atoms with Crippen LogP contribution in [0.25, 0.3) is 11.6 Å². The molecule has 0 bridgehead atoms. The number of amides is 1. The van der Waals surface area contributed by atoms with Crippen LogP contribution < -0.4 is 0 Å². The van der Waals surface area contributed by atoms with Crippen LogP contribution in [-0.4, -0.2) is 60.7 Å². The lowest BCUT2D eigenvalue weighted by Crippen LogP contribution is -2.32. The highest BCUT2D eigenvalue weighted by Gasteiger charge is 2.29. The number of carbonyl (C=O) groups excluding carboxylic acids is 1. The predicted molar refractivity (Wildman–Crippen MR) is 110 cm³/mol. The van der Waals surface area contributed by atoms with Crippen molar-refractivity contribution in [2.75, 3.05) is 20.2 Å². The van der Waals surface area contributed by atoms with Gasteiger partial charge in [0, 0.05) is 50.4 Å². The van der Waals surface area contributed by atoms with Crippen molar-refractivity contribution in [2.45, 2.75) is 52.3 Å². The molecule has 10 heteroatoms. The number of aryl methyl sites for hydroxylation is 1. The smallest absolute Gasteiger partial charge is 0.278 e. The maximum atomic E-state index is 12.4. The predicted octanol–water partition coefficient (Wildman–Crippen LogP) is 1.62. The Labute approximate surface area is 180 Å². The molecule has 1 aliphatic carbocycles. The average molecular weight is 425 g/mol. The van der Waals surface area contributed by atoms with Crippen LogP contribution >= 0.6 is 0 Å². The zero-order valence-corrected chi connectivity index (χ0v) is 18.0. The van der Waals surface area contributed by atoms with E-state index in [0.717, 1.165) is 42.3 Å². The summed E-state index contributed by atoms with van der Waals surface area (Å²) in [7, 11) is 1.77. The van der Waals surface area contributed by atoms with Crippen LogP contribution in [0, 0.1) is 12.8 Å². The Balaban J connectivity index is 1.24. The Kier molecular flexibility index (Phi) is 5.31. The second kappa shape index (κ2) is 8.26. The summed E-state index contributed by atoms with van der Waals surface area (Å²) in [6.45, 7) is 4.85. The van der Waals surface area contributed by atoms with Crippen molar-refractivity contribution in [2.24, 2.45) is 5.92 Å². The number of hydrogen-bond donors (Lipinski definition) is 0. The van der Waals surface area contributed by atoms with E-state index >= 15 is 0 Å². The van der Waals surface area contributed by atoms with Gasteiger partial charge < -0.3 is 14.2 Å².